The maximum Gasteiger partial charge on any atom is 0.383 e. The van der Waals surface area contributed by atoms with E-state index in [2.05, 4.69) is 0 Å². The van der Waals surface area contributed by atoms with E-state index in [-0.39, 0.29) is 0 Å². The quantitative estimate of drug-likeness (QED) is 0.587. The average Bonchev–Trinajstić information content (AvgIpc) is 2.42. The summed E-state index contributed by atoms with van der Waals surface area (Å²) in [4.78, 5) is 17.0. The molecule has 1 aliphatic heterocycles. The Hall–Kier alpha value is -0.850. The van der Waals surface area contributed by atoms with Crippen molar-refractivity contribution in [3.05, 3.63) is 0 Å². The van der Waals surface area contributed by atoms with E-state index in [1.807, 2.05) is 18.9 Å². The minimum Gasteiger partial charge on any atom is -0.260 e. The first-order valence-electron chi connectivity index (χ1n) is 6.89. The standard InChI is InChI=1S/C12H25N3O3/c1-3-8-14(13-9-6-5-7-10-13)12(16)15(17)18-11-4-2/h17H,3-11H2,1-2H3. The Balaban J connectivity index is 2.55. The molecule has 106 valence electrons. The molecule has 0 aromatic carbocycles. The van der Waals surface area contributed by atoms with E-state index in [1.54, 1.807) is 5.01 Å². The zero-order valence-corrected chi connectivity index (χ0v) is 11.5. The maximum absolute atomic E-state index is 12.1. The van der Waals surface area contributed by atoms with Crippen LogP contribution in [0.25, 0.3) is 0 Å². The van der Waals surface area contributed by atoms with Crippen LogP contribution in [0.15, 0.2) is 0 Å². The average molecular weight is 259 g/mol. The second-order valence-corrected chi connectivity index (χ2v) is 4.53. The number of hydrogen-bond acceptors (Lipinski definition) is 4. The van der Waals surface area contributed by atoms with E-state index in [4.69, 9.17) is 4.84 Å². The number of nitrogens with zero attached hydrogens (tertiary/aromatic N) is 3. The maximum atomic E-state index is 12.1. The van der Waals surface area contributed by atoms with E-state index in [0.717, 1.165) is 38.8 Å². The fraction of sp³-hybridized carbons (Fsp3) is 0.917. The lowest BCUT2D eigenvalue weighted by Gasteiger charge is -2.37. The molecule has 1 rings (SSSR count). The van der Waals surface area contributed by atoms with Gasteiger partial charge in [-0.2, -0.15) is 0 Å². The van der Waals surface area contributed by atoms with Crippen molar-refractivity contribution in [2.24, 2.45) is 0 Å². The van der Waals surface area contributed by atoms with Crippen LogP contribution in [0.4, 0.5) is 4.79 Å². The van der Waals surface area contributed by atoms with Crippen molar-refractivity contribution < 1.29 is 14.8 Å². The predicted molar refractivity (Wildman–Crippen MR) is 67.7 cm³/mol. The van der Waals surface area contributed by atoms with Gasteiger partial charge in [-0.05, 0) is 25.7 Å². The summed E-state index contributed by atoms with van der Waals surface area (Å²) in [7, 11) is 0. The van der Waals surface area contributed by atoms with Gasteiger partial charge in [0.1, 0.15) is 0 Å². The third-order valence-electron chi connectivity index (χ3n) is 2.91. The zero-order valence-electron chi connectivity index (χ0n) is 11.5. The van der Waals surface area contributed by atoms with Crippen molar-refractivity contribution in [1.82, 2.24) is 15.2 Å². The molecule has 1 saturated heterocycles. The third kappa shape index (κ3) is 4.44. The van der Waals surface area contributed by atoms with Crippen LogP contribution < -0.4 is 0 Å². The second kappa shape index (κ2) is 8.29. The first-order valence-corrected chi connectivity index (χ1v) is 6.89. The molecule has 0 unspecified atom stereocenters. The molecule has 0 bridgehead atoms. The number of amides is 2. The molecule has 0 spiro atoms. The molecule has 1 aliphatic rings. The fourth-order valence-corrected chi connectivity index (χ4v) is 2.02. The largest absolute Gasteiger partial charge is 0.383 e. The van der Waals surface area contributed by atoms with Crippen LogP contribution in [0.1, 0.15) is 46.0 Å². The Labute approximate surface area is 109 Å². The summed E-state index contributed by atoms with van der Waals surface area (Å²) in [6, 6.07) is -0.493. The lowest BCUT2D eigenvalue weighted by atomic mass is 10.2. The van der Waals surface area contributed by atoms with Gasteiger partial charge in [-0.1, -0.05) is 25.5 Å². The molecule has 1 N–H and O–H groups in total. The highest BCUT2D eigenvalue weighted by molar-refractivity contribution is 5.71. The van der Waals surface area contributed by atoms with E-state index in [0.29, 0.717) is 18.4 Å². The summed E-state index contributed by atoms with van der Waals surface area (Å²) < 4.78 is 0. The Morgan fingerprint density at radius 2 is 1.89 bits per heavy atom. The molecular weight excluding hydrogens is 234 g/mol. The SMILES string of the molecule is CCCON(O)C(=O)N(CCC)N1CCCCC1. The van der Waals surface area contributed by atoms with Crippen LogP contribution in [0.3, 0.4) is 0 Å². The van der Waals surface area contributed by atoms with Gasteiger partial charge < -0.3 is 0 Å². The van der Waals surface area contributed by atoms with Gasteiger partial charge in [0, 0.05) is 19.6 Å². The highest BCUT2D eigenvalue weighted by Gasteiger charge is 2.26. The molecule has 0 saturated carbocycles. The topological polar surface area (TPSA) is 56.3 Å². The lowest BCUT2D eigenvalue weighted by Crippen LogP contribution is -2.53. The van der Waals surface area contributed by atoms with Gasteiger partial charge in [-0.25, -0.2) is 14.6 Å². The first-order chi connectivity index (χ1) is 8.70. The number of carbonyl (C=O) groups is 1. The van der Waals surface area contributed by atoms with Gasteiger partial charge in [0.05, 0.1) is 6.61 Å². The van der Waals surface area contributed by atoms with Gasteiger partial charge in [0.2, 0.25) is 0 Å². The summed E-state index contributed by atoms with van der Waals surface area (Å²) in [5.41, 5.74) is 0. The Morgan fingerprint density at radius 1 is 1.22 bits per heavy atom. The van der Waals surface area contributed by atoms with Crippen LogP contribution in [-0.2, 0) is 4.84 Å². The van der Waals surface area contributed by atoms with Crippen molar-refractivity contribution in [2.75, 3.05) is 26.2 Å². The molecule has 0 aromatic heterocycles. The van der Waals surface area contributed by atoms with Crippen LogP contribution in [0.2, 0.25) is 0 Å². The zero-order chi connectivity index (χ0) is 13.4. The van der Waals surface area contributed by atoms with Crippen LogP contribution in [0.5, 0.6) is 0 Å². The molecule has 0 aromatic rings. The van der Waals surface area contributed by atoms with Gasteiger partial charge in [-0.3, -0.25) is 10.2 Å². The van der Waals surface area contributed by atoms with Crippen molar-refractivity contribution in [3.63, 3.8) is 0 Å². The van der Waals surface area contributed by atoms with Crippen LogP contribution >= 0.6 is 0 Å². The number of piperidine rings is 1. The molecule has 1 heterocycles. The minimum atomic E-state index is -0.493. The first kappa shape index (κ1) is 15.2. The van der Waals surface area contributed by atoms with Gasteiger partial charge in [0.25, 0.3) is 0 Å². The summed E-state index contributed by atoms with van der Waals surface area (Å²) in [6.45, 7) is 6.61. The molecule has 0 aliphatic carbocycles. The minimum absolute atomic E-state index is 0.336. The van der Waals surface area contributed by atoms with Crippen molar-refractivity contribution >= 4 is 6.03 Å². The van der Waals surface area contributed by atoms with E-state index < -0.39 is 6.03 Å². The number of urea groups is 1. The number of hydrogen-bond donors (Lipinski definition) is 1. The molecule has 6 heteroatoms. The molecule has 1 fully saturated rings. The van der Waals surface area contributed by atoms with E-state index >= 15 is 0 Å². The van der Waals surface area contributed by atoms with Crippen LogP contribution in [0, 0.1) is 0 Å². The fourth-order valence-electron chi connectivity index (χ4n) is 2.02. The molecule has 0 radical (unpaired) electrons. The van der Waals surface area contributed by atoms with Crippen LogP contribution in [-0.4, -0.2) is 52.7 Å². The predicted octanol–water partition coefficient (Wildman–Crippen LogP) is 2.25. The molecular formula is C12H25N3O3. The van der Waals surface area contributed by atoms with Gasteiger partial charge in [0.15, 0.2) is 0 Å². The highest BCUT2D eigenvalue weighted by atomic mass is 16.9. The Morgan fingerprint density at radius 3 is 2.44 bits per heavy atom. The van der Waals surface area contributed by atoms with Crippen molar-refractivity contribution in [1.29, 1.82) is 0 Å². The Bertz CT molecular complexity index is 245. The third-order valence-corrected chi connectivity index (χ3v) is 2.91. The summed E-state index contributed by atoms with van der Waals surface area (Å²) >= 11 is 0. The monoisotopic (exact) mass is 259 g/mol. The van der Waals surface area contributed by atoms with Gasteiger partial charge >= 0.3 is 6.03 Å². The number of hydroxylamine groups is 2. The summed E-state index contributed by atoms with van der Waals surface area (Å²) in [6.07, 6.45) is 5.00. The molecule has 2 amide bonds. The smallest absolute Gasteiger partial charge is 0.260 e. The number of hydrazine groups is 1. The molecule has 18 heavy (non-hydrogen) atoms. The molecule has 0 atom stereocenters. The van der Waals surface area contributed by atoms with E-state index in [9.17, 15) is 10.0 Å². The molecule has 6 nitrogen and oxygen atoms in total. The summed E-state index contributed by atoms with van der Waals surface area (Å²) in [5, 5.41) is 13.5. The van der Waals surface area contributed by atoms with E-state index in [1.165, 1.54) is 6.42 Å². The van der Waals surface area contributed by atoms with Gasteiger partial charge in [-0.15, -0.1) is 0 Å². The van der Waals surface area contributed by atoms with Crippen molar-refractivity contribution in [2.45, 2.75) is 46.0 Å². The second-order valence-electron chi connectivity index (χ2n) is 4.53. The number of carbonyl (C=O) groups excluding carboxylic acids is 1. The highest BCUT2D eigenvalue weighted by Crippen LogP contribution is 2.13. The lowest BCUT2D eigenvalue weighted by molar-refractivity contribution is -0.306. The number of rotatable bonds is 6. The summed E-state index contributed by atoms with van der Waals surface area (Å²) in [5.74, 6) is 0. The van der Waals surface area contributed by atoms with Crippen molar-refractivity contribution in [3.8, 4) is 0 Å². The Kier molecular flexibility index (Phi) is 7.00. The normalized spacial score (nSPS) is 16.6.